The van der Waals surface area contributed by atoms with Gasteiger partial charge in [0, 0.05) is 35.1 Å². The fourth-order valence-corrected chi connectivity index (χ4v) is 2.92. The van der Waals surface area contributed by atoms with Crippen LogP contribution in [0, 0.1) is 6.92 Å². The molecule has 0 atom stereocenters. The second-order valence-electron chi connectivity index (χ2n) is 5.03. The van der Waals surface area contributed by atoms with Crippen molar-refractivity contribution in [1.29, 1.82) is 0 Å². The highest BCUT2D eigenvalue weighted by molar-refractivity contribution is 7.09. The minimum absolute atomic E-state index is 0.0921. The molecule has 0 aliphatic carbocycles. The molecule has 2 aromatic heterocycles. The summed E-state index contributed by atoms with van der Waals surface area (Å²) in [6, 6.07) is 8.18. The number of fused-ring (bicyclic) bond motifs is 1. The van der Waals surface area contributed by atoms with E-state index in [1.165, 1.54) is 17.0 Å². The summed E-state index contributed by atoms with van der Waals surface area (Å²) in [7, 11) is 0. The van der Waals surface area contributed by atoms with Crippen molar-refractivity contribution in [3.05, 3.63) is 58.2 Å². The Labute approximate surface area is 132 Å². The molecule has 0 aliphatic heterocycles. The Hall–Kier alpha value is -2.40. The zero-order valence-electron chi connectivity index (χ0n) is 12.3. The molecule has 0 saturated heterocycles. The molecule has 0 aliphatic rings. The number of H-pyrrole nitrogens is 1. The smallest absolute Gasteiger partial charge is 0.244 e. The normalized spacial score (nSPS) is 11.3. The summed E-state index contributed by atoms with van der Waals surface area (Å²) in [4.78, 5) is 19.3. The third-order valence-electron chi connectivity index (χ3n) is 3.41. The Kier molecular flexibility index (Phi) is 4.34. The Morgan fingerprint density at radius 1 is 1.41 bits per heavy atom. The van der Waals surface area contributed by atoms with E-state index in [2.05, 4.69) is 27.4 Å². The zero-order chi connectivity index (χ0) is 15.4. The van der Waals surface area contributed by atoms with Crippen molar-refractivity contribution in [2.75, 3.05) is 6.54 Å². The van der Waals surface area contributed by atoms with E-state index in [1.54, 1.807) is 17.4 Å². The average molecular weight is 311 g/mol. The summed E-state index contributed by atoms with van der Waals surface area (Å²) in [6.45, 7) is 2.56. The van der Waals surface area contributed by atoms with Crippen LogP contribution in [-0.2, 0) is 11.2 Å². The van der Waals surface area contributed by atoms with Crippen molar-refractivity contribution in [2.45, 2.75) is 13.3 Å². The molecular formula is C17H17N3OS. The first kappa shape index (κ1) is 14.5. The molecule has 0 bridgehead atoms. The van der Waals surface area contributed by atoms with Crippen LogP contribution in [0.4, 0.5) is 0 Å². The summed E-state index contributed by atoms with van der Waals surface area (Å²) in [5, 5.41) is 7.05. The lowest BCUT2D eigenvalue weighted by atomic mass is 10.1. The number of aromatic amines is 1. The highest BCUT2D eigenvalue weighted by atomic mass is 32.1. The van der Waals surface area contributed by atoms with Gasteiger partial charge in [0.25, 0.3) is 0 Å². The molecule has 112 valence electrons. The van der Waals surface area contributed by atoms with E-state index in [-0.39, 0.29) is 5.91 Å². The number of carbonyl (C=O) groups is 1. The number of hydrogen-bond donors (Lipinski definition) is 2. The monoisotopic (exact) mass is 311 g/mol. The average Bonchev–Trinajstić information content (AvgIpc) is 3.12. The van der Waals surface area contributed by atoms with Crippen molar-refractivity contribution in [3.63, 3.8) is 0 Å². The molecule has 0 spiro atoms. The number of amides is 1. The molecule has 3 aromatic rings. The summed E-state index contributed by atoms with van der Waals surface area (Å²) < 4.78 is 0. The van der Waals surface area contributed by atoms with Gasteiger partial charge in [-0.25, -0.2) is 4.98 Å². The fourth-order valence-electron chi connectivity index (χ4n) is 2.34. The van der Waals surface area contributed by atoms with Gasteiger partial charge in [-0.15, -0.1) is 11.3 Å². The number of nitrogens with one attached hydrogen (secondary N) is 2. The maximum Gasteiger partial charge on any atom is 0.244 e. The summed E-state index contributed by atoms with van der Waals surface area (Å²) in [6.07, 6.45) is 6.08. The number of hydrogen-bond acceptors (Lipinski definition) is 3. The quantitative estimate of drug-likeness (QED) is 0.710. The number of carbonyl (C=O) groups excluding carboxylic acids is 1. The minimum atomic E-state index is -0.0921. The van der Waals surface area contributed by atoms with Crippen LogP contribution < -0.4 is 5.32 Å². The molecule has 2 heterocycles. The van der Waals surface area contributed by atoms with Gasteiger partial charge >= 0.3 is 0 Å². The molecule has 0 saturated carbocycles. The molecule has 0 fully saturated rings. The van der Waals surface area contributed by atoms with Crippen LogP contribution in [0.2, 0.25) is 0 Å². The lowest BCUT2D eigenvalue weighted by molar-refractivity contribution is -0.116. The van der Waals surface area contributed by atoms with Gasteiger partial charge < -0.3 is 10.3 Å². The molecule has 0 radical (unpaired) electrons. The van der Waals surface area contributed by atoms with Crippen LogP contribution in [0.3, 0.4) is 0 Å². The van der Waals surface area contributed by atoms with Gasteiger partial charge in [-0.05, 0) is 31.1 Å². The van der Waals surface area contributed by atoms with E-state index in [4.69, 9.17) is 0 Å². The third-order valence-corrected chi connectivity index (χ3v) is 4.20. The van der Waals surface area contributed by atoms with Crippen LogP contribution in [-0.4, -0.2) is 22.4 Å². The predicted molar refractivity (Wildman–Crippen MR) is 90.9 cm³/mol. The van der Waals surface area contributed by atoms with Crippen LogP contribution in [0.1, 0.15) is 16.3 Å². The Morgan fingerprint density at radius 2 is 2.27 bits per heavy atom. The molecule has 3 rings (SSSR count). The second-order valence-corrected chi connectivity index (χ2v) is 6.09. The van der Waals surface area contributed by atoms with E-state index < -0.39 is 0 Å². The Balaban J connectivity index is 1.52. The third kappa shape index (κ3) is 3.43. The van der Waals surface area contributed by atoms with Crippen LogP contribution in [0.15, 0.2) is 41.9 Å². The summed E-state index contributed by atoms with van der Waals surface area (Å²) >= 11 is 1.58. The lowest BCUT2D eigenvalue weighted by Crippen LogP contribution is -2.23. The Bertz CT molecular complexity index is 816. The maximum atomic E-state index is 11.8. The maximum absolute atomic E-state index is 11.8. The first-order valence-electron chi connectivity index (χ1n) is 7.15. The lowest BCUT2D eigenvalue weighted by Gasteiger charge is -2.01. The number of aromatic nitrogens is 2. The number of thiazole rings is 1. The fraction of sp³-hybridized carbons (Fsp3) is 0.176. The SMILES string of the molecule is Cc1nc(/C=C/C(=O)NCCc2c[nH]c3ccccc23)cs1. The number of benzene rings is 1. The van der Waals surface area contributed by atoms with Gasteiger partial charge in [-0.2, -0.15) is 0 Å². The molecule has 1 aromatic carbocycles. The van der Waals surface area contributed by atoms with E-state index >= 15 is 0 Å². The molecule has 22 heavy (non-hydrogen) atoms. The van der Waals surface area contributed by atoms with Gasteiger partial charge in [0.15, 0.2) is 0 Å². The first-order chi connectivity index (χ1) is 10.7. The van der Waals surface area contributed by atoms with Gasteiger partial charge in [0.1, 0.15) is 0 Å². The summed E-state index contributed by atoms with van der Waals surface area (Å²) in [5.74, 6) is -0.0921. The standard InChI is InChI=1S/C17H17N3OS/c1-12-20-14(11-22-12)6-7-17(21)18-9-8-13-10-19-16-5-3-2-4-15(13)16/h2-7,10-11,19H,8-9H2,1H3,(H,18,21)/b7-6+. The van der Waals surface area contributed by atoms with Crippen molar-refractivity contribution in [2.24, 2.45) is 0 Å². The largest absolute Gasteiger partial charge is 0.361 e. The minimum Gasteiger partial charge on any atom is -0.361 e. The van der Waals surface area contributed by atoms with Gasteiger partial charge in [-0.3, -0.25) is 4.79 Å². The highest BCUT2D eigenvalue weighted by Gasteiger charge is 2.03. The van der Waals surface area contributed by atoms with Crippen LogP contribution in [0.25, 0.3) is 17.0 Å². The predicted octanol–water partition coefficient (Wildman–Crippen LogP) is 3.30. The number of nitrogens with zero attached hydrogens (tertiary/aromatic N) is 1. The highest BCUT2D eigenvalue weighted by Crippen LogP contribution is 2.17. The Morgan fingerprint density at radius 3 is 3.09 bits per heavy atom. The molecule has 4 nitrogen and oxygen atoms in total. The molecule has 0 unspecified atom stereocenters. The van der Waals surface area contributed by atoms with E-state index in [1.807, 2.05) is 30.6 Å². The molecule has 2 N–H and O–H groups in total. The zero-order valence-corrected chi connectivity index (χ0v) is 13.1. The van der Waals surface area contributed by atoms with Crippen molar-refractivity contribution >= 4 is 34.2 Å². The summed E-state index contributed by atoms with van der Waals surface area (Å²) in [5.41, 5.74) is 3.17. The van der Waals surface area contributed by atoms with Crippen molar-refractivity contribution in [1.82, 2.24) is 15.3 Å². The van der Waals surface area contributed by atoms with Gasteiger partial charge in [0.05, 0.1) is 10.7 Å². The van der Waals surface area contributed by atoms with E-state index in [0.717, 1.165) is 22.6 Å². The van der Waals surface area contributed by atoms with Crippen LogP contribution >= 0.6 is 11.3 Å². The molecule has 5 heteroatoms. The number of aryl methyl sites for hydroxylation is 1. The van der Waals surface area contributed by atoms with Crippen LogP contribution in [0.5, 0.6) is 0 Å². The second kappa shape index (κ2) is 6.58. The molecule has 1 amide bonds. The van der Waals surface area contributed by atoms with E-state index in [9.17, 15) is 4.79 Å². The van der Waals surface area contributed by atoms with Crippen molar-refractivity contribution in [3.8, 4) is 0 Å². The van der Waals surface area contributed by atoms with Gasteiger partial charge in [0.2, 0.25) is 5.91 Å². The first-order valence-corrected chi connectivity index (χ1v) is 8.03. The van der Waals surface area contributed by atoms with Gasteiger partial charge in [-0.1, -0.05) is 18.2 Å². The number of rotatable bonds is 5. The van der Waals surface area contributed by atoms with Crippen molar-refractivity contribution < 1.29 is 4.79 Å². The molecular weight excluding hydrogens is 294 g/mol. The van der Waals surface area contributed by atoms with E-state index in [0.29, 0.717) is 6.54 Å². The topological polar surface area (TPSA) is 57.8 Å². The number of para-hydroxylation sites is 1.